The van der Waals surface area contributed by atoms with Crippen LogP contribution in [0.5, 0.6) is 0 Å². The molecule has 0 amide bonds. The van der Waals surface area contributed by atoms with E-state index in [9.17, 15) is 0 Å². The van der Waals surface area contributed by atoms with Crippen molar-refractivity contribution in [2.24, 2.45) is 0 Å². The van der Waals surface area contributed by atoms with E-state index in [2.05, 4.69) is 6.92 Å². The van der Waals surface area contributed by atoms with Gasteiger partial charge in [0.15, 0.2) is 0 Å². The van der Waals surface area contributed by atoms with Crippen LogP contribution in [0.1, 0.15) is 12.8 Å². The summed E-state index contributed by atoms with van der Waals surface area (Å²) in [6.07, 6.45) is 0.312. The Morgan fingerprint density at radius 2 is 2.00 bits per heavy atom. The Morgan fingerprint density at radius 3 is 2.00 bits per heavy atom. The second-order valence-corrected chi connectivity index (χ2v) is 1.02. The first-order chi connectivity index (χ1) is 2.77. The van der Waals surface area contributed by atoms with E-state index in [1.807, 2.05) is 0 Å². The smallest absolute Gasteiger partial charge is 0.218 e. The van der Waals surface area contributed by atoms with Gasteiger partial charge in [0.05, 0.1) is 0 Å². The number of rotatable bonds is 2. The van der Waals surface area contributed by atoms with Crippen molar-refractivity contribution in [2.75, 3.05) is 0 Å². The monoisotopic (exact) mass is 88.1 g/mol. The first-order valence-electron chi connectivity index (χ1n) is 1.80. The lowest BCUT2D eigenvalue weighted by molar-refractivity contribution is 0.0732. The third-order valence-corrected chi connectivity index (χ3v) is 0.400. The Bertz CT molecular complexity index is 26.7. The van der Waals surface area contributed by atoms with Crippen LogP contribution < -0.4 is 0 Å². The molecular formula is C4H8O2. The molecule has 0 fully saturated rings. The predicted molar refractivity (Wildman–Crippen MR) is 21.7 cm³/mol. The standard InChI is InChI=1S/C4H8O2/c1-2-3-4(5)6/h5-6H,1-3H2. The van der Waals surface area contributed by atoms with Gasteiger partial charge in [-0.05, 0) is 6.42 Å². The molecule has 0 aromatic heterocycles. The Labute approximate surface area is 37.4 Å². The van der Waals surface area contributed by atoms with E-state index >= 15 is 0 Å². The van der Waals surface area contributed by atoms with Gasteiger partial charge in [0.2, 0.25) is 6.29 Å². The molecule has 0 rings (SSSR count). The van der Waals surface area contributed by atoms with E-state index in [1.165, 1.54) is 0 Å². The van der Waals surface area contributed by atoms with Crippen LogP contribution >= 0.6 is 0 Å². The van der Waals surface area contributed by atoms with Crippen molar-refractivity contribution in [1.82, 2.24) is 0 Å². The molecule has 2 heteroatoms. The minimum absolute atomic E-state index is 0.292. The van der Waals surface area contributed by atoms with Crippen LogP contribution in [0.15, 0.2) is 0 Å². The molecule has 0 aromatic carbocycles. The molecule has 0 heterocycles. The van der Waals surface area contributed by atoms with Crippen LogP contribution in [0.25, 0.3) is 0 Å². The number of aliphatic hydroxyl groups excluding tert-OH is 1. The van der Waals surface area contributed by atoms with E-state index in [-0.39, 0.29) is 0 Å². The summed E-state index contributed by atoms with van der Waals surface area (Å²) >= 11 is 0. The summed E-state index contributed by atoms with van der Waals surface area (Å²) in [5, 5.41) is 16.0. The molecule has 36 valence electrons. The summed E-state index contributed by atoms with van der Waals surface area (Å²) in [5.41, 5.74) is 0. The van der Waals surface area contributed by atoms with Crippen LogP contribution in [0, 0.1) is 13.2 Å². The van der Waals surface area contributed by atoms with Gasteiger partial charge in [-0.3, -0.25) is 0 Å². The third-order valence-electron chi connectivity index (χ3n) is 0.400. The van der Waals surface area contributed by atoms with E-state index in [4.69, 9.17) is 10.2 Å². The van der Waals surface area contributed by atoms with Gasteiger partial charge in [0.25, 0.3) is 0 Å². The first-order valence-corrected chi connectivity index (χ1v) is 1.80. The average Bonchev–Trinajstić information content (AvgIpc) is 1.35. The summed E-state index contributed by atoms with van der Waals surface area (Å²) in [4.78, 5) is 0. The molecule has 0 unspecified atom stereocenters. The van der Waals surface area contributed by atoms with Gasteiger partial charge in [0.1, 0.15) is 0 Å². The maximum Gasteiger partial charge on any atom is 0.218 e. The molecule has 2 N–H and O–H groups in total. The molecule has 0 aliphatic heterocycles. The van der Waals surface area contributed by atoms with Gasteiger partial charge < -0.3 is 10.2 Å². The van der Waals surface area contributed by atoms with Crippen LogP contribution in [0.4, 0.5) is 0 Å². The lowest BCUT2D eigenvalue weighted by Crippen LogP contribution is -1.89. The van der Waals surface area contributed by atoms with Crippen molar-refractivity contribution in [1.29, 1.82) is 0 Å². The fourth-order valence-electron chi connectivity index (χ4n) is 0.158. The van der Waals surface area contributed by atoms with Gasteiger partial charge in [-0.15, -0.1) is 0 Å². The quantitative estimate of drug-likeness (QED) is 0.525. The largest absolute Gasteiger partial charge is 0.361 e. The zero-order chi connectivity index (χ0) is 4.99. The fraction of sp³-hybridized carbons (Fsp3) is 0.500. The van der Waals surface area contributed by atoms with E-state index in [0.29, 0.717) is 12.8 Å². The van der Waals surface area contributed by atoms with Gasteiger partial charge >= 0.3 is 0 Å². The molecule has 6 heavy (non-hydrogen) atoms. The Hall–Kier alpha value is -0.0800. The molecule has 2 radical (unpaired) electrons. The Kier molecular flexibility index (Phi) is 3.08. The van der Waals surface area contributed by atoms with Crippen molar-refractivity contribution in [3.8, 4) is 0 Å². The first kappa shape index (κ1) is 5.92. The summed E-state index contributed by atoms with van der Waals surface area (Å²) in [6.45, 7) is 3.38. The predicted octanol–water partition coefficient (Wildman–Crippen LogP) is 0.835. The normalized spacial score (nSPS) is 10.0. The Balaban J connectivity index is 2.63. The fourth-order valence-corrected chi connectivity index (χ4v) is 0.158. The van der Waals surface area contributed by atoms with Crippen molar-refractivity contribution in [2.45, 2.75) is 12.8 Å². The highest BCUT2D eigenvalue weighted by molar-refractivity contribution is 4.56. The molecule has 0 aromatic rings. The summed E-state index contributed by atoms with van der Waals surface area (Å²) in [5.74, 6) is 0. The number of hydrogen-bond acceptors (Lipinski definition) is 2. The number of aliphatic hydroxyl groups is 2. The molecular weight excluding hydrogens is 80.0 g/mol. The summed E-state index contributed by atoms with van der Waals surface area (Å²) in [6, 6.07) is 0. The number of hydrogen-bond donors (Lipinski definition) is 2. The van der Waals surface area contributed by atoms with Gasteiger partial charge in [0, 0.05) is 6.42 Å². The molecule has 0 saturated heterocycles. The van der Waals surface area contributed by atoms with Gasteiger partial charge in [-0.25, -0.2) is 0 Å². The molecule has 0 spiro atoms. The van der Waals surface area contributed by atoms with Crippen molar-refractivity contribution in [3.63, 3.8) is 0 Å². The molecule has 0 aliphatic carbocycles. The minimum Gasteiger partial charge on any atom is -0.361 e. The minimum atomic E-state index is -0.523. The van der Waals surface area contributed by atoms with Crippen molar-refractivity contribution in [3.05, 3.63) is 13.2 Å². The van der Waals surface area contributed by atoms with Crippen molar-refractivity contribution < 1.29 is 10.2 Å². The highest BCUT2D eigenvalue weighted by Gasteiger charge is 1.92. The second kappa shape index (κ2) is 3.12. The molecule has 0 atom stereocenters. The molecule has 0 bridgehead atoms. The maximum atomic E-state index is 7.98. The highest BCUT2D eigenvalue weighted by Crippen LogP contribution is 1.95. The summed E-state index contributed by atoms with van der Waals surface area (Å²) < 4.78 is 0. The molecule has 2 nitrogen and oxygen atoms in total. The van der Waals surface area contributed by atoms with Gasteiger partial charge in [-0.1, -0.05) is 6.92 Å². The van der Waals surface area contributed by atoms with Crippen LogP contribution in [0.2, 0.25) is 0 Å². The highest BCUT2D eigenvalue weighted by atomic mass is 16.5. The zero-order valence-corrected chi connectivity index (χ0v) is 3.52. The second-order valence-electron chi connectivity index (χ2n) is 1.02. The lowest BCUT2D eigenvalue weighted by Gasteiger charge is -1.92. The third kappa shape index (κ3) is 3.92. The van der Waals surface area contributed by atoms with E-state index < -0.39 is 6.29 Å². The van der Waals surface area contributed by atoms with Gasteiger partial charge in [-0.2, -0.15) is 0 Å². The summed E-state index contributed by atoms with van der Waals surface area (Å²) in [7, 11) is 0. The van der Waals surface area contributed by atoms with E-state index in [1.54, 1.807) is 0 Å². The van der Waals surface area contributed by atoms with Crippen LogP contribution in [-0.2, 0) is 0 Å². The van der Waals surface area contributed by atoms with Crippen molar-refractivity contribution >= 4 is 0 Å². The topological polar surface area (TPSA) is 40.5 Å². The van der Waals surface area contributed by atoms with E-state index in [0.717, 1.165) is 0 Å². The Morgan fingerprint density at radius 1 is 1.50 bits per heavy atom. The lowest BCUT2D eigenvalue weighted by atomic mass is 10.3. The molecule has 0 saturated carbocycles. The SMILES string of the molecule is [CH2]CC[C](O)O. The molecule has 0 aliphatic rings. The average molecular weight is 88.1 g/mol. The van der Waals surface area contributed by atoms with Crippen LogP contribution in [-0.4, -0.2) is 10.2 Å². The maximum absolute atomic E-state index is 7.98. The zero-order valence-electron chi connectivity index (χ0n) is 3.52. The van der Waals surface area contributed by atoms with Crippen LogP contribution in [0.3, 0.4) is 0 Å².